The van der Waals surface area contributed by atoms with Crippen LogP contribution >= 0.6 is 11.8 Å². The van der Waals surface area contributed by atoms with Crippen LogP contribution < -0.4 is 5.32 Å². The minimum atomic E-state index is -0.0841. The van der Waals surface area contributed by atoms with Gasteiger partial charge < -0.3 is 14.3 Å². The van der Waals surface area contributed by atoms with Gasteiger partial charge in [0.05, 0.1) is 16.8 Å². The first kappa shape index (κ1) is 20.3. The molecule has 0 aliphatic rings. The second-order valence-electron chi connectivity index (χ2n) is 7.40. The van der Waals surface area contributed by atoms with Gasteiger partial charge in [-0.05, 0) is 35.0 Å². The van der Waals surface area contributed by atoms with Crippen LogP contribution in [0.4, 0.5) is 0 Å². The summed E-state index contributed by atoms with van der Waals surface area (Å²) in [6.45, 7) is 0.517. The van der Waals surface area contributed by atoms with E-state index in [1.54, 1.807) is 0 Å². The van der Waals surface area contributed by atoms with E-state index in [1.165, 1.54) is 11.8 Å². The molecule has 2 heterocycles. The number of nitrogens with zero attached hydrogens (tertiary/aromatic N) is 4. The summed E-state index contributed by atoms with van der Waals surface area (Å²) in [5, 5.41) is 13.7. The zero-order valence-corrected chi connectivity index (χ0v) is 18.3. The minimum absolute atomic E-state index is 0.0841. The van der Waals surface area contributed by atoms with Crippen molar-refractivity contribution in [2.75, 3.05) is 12.3 Å². The molecule has 0 unspecified atom stereocenters. The van der Waals surface area contributed by atoms with Crippen LogP contribution in [0, 0.1) is 0 Å². The van der Waals surface area contributed by atoms with Gasteiger partial charge in [-0.3, -0.25) is 4.79 Å². The average Bonchev–Trinajstić information content (AvgIpc) is 3.42. The number of nitrogens with one attached hydrogen (secondary N) is 1. The molecule has 0 aliphatic carbocycles. The maximum absolute atomic E-state index is 12.2. The van der Waals surface area contributed by atoms with Crippen molar-refractivity contribution >= 4 is 39.5 Å². The van der Waals surface area contributed by atoms with Crippen LogP contribution in [0.15, 0.2) is 76.4 Å². The van der Waals surface area contributed by atoms with E-state index in [2.05, 4.69) is 31.1 Å². The van der Waals surface area contributed by atoms with Crippen LogP contribution in [-0.4, -0.2) is 38.0 Å². The summed E-state index contributed by atoms with van der Waals surface area (Å²) >= 11 is 1.23. The van der Waals surface area contributed by atoms with Crippen molar-refractivity contribution in [1.82, 2.24) is 25.1 Å². The van der Waals surface area contributed by atoms with Crippen molar-refractivity contribution in [3.8, 4) is 11.5 Å². The van der Waals surface area contributed by atoms with Crippen molar-refractivity contribution in [1.29, 1.82) is 0 Å². The Morgan fingerprint density at radius 1 is 1.03 bits per heavy atom. The first-order chi connectivity index (χ1) is 15.7. The van der Waals surface area contributed by atoms with Crippen molar-refractivity contribution in [2.45, 2.75) is 11.6 Å². The van der Waals surface area contributed by atoms with Gasteiger partial charge in [-0.2, -0.15) is 0 Å². The number of imidazole rings is 1. The number of fused-ring (bicyclic) bond motifs is 2. The number of rotatable bonds is 7. The number of carbonyl (C=O) groups excluding carboxylic acids is 1. The smallest absolute Gasteiger partial charge is 0.277 e. The van der Waals surface area contributed by atoms with Gasteiger partial charge in [0.25, 0.3) is 5.22 Å². The van der Waals surface area contributed by atoms with Crippen LogP contribution in [0.25, 0.3) is 33.3 Å². The number of thioether (sulfide) groups is 1. The topological polar surface area (TPSA) is 85.8 Å². The summed E-state index contributed by atoms with van der Waals surface area (Å²) in [5.74, 6) is 1.51. The molecule has 0 aliphatic heterocycles. The fourth-order valence-electron chi connectivity index (χ4n) is 3.62. The average molecular weight is 444 g/mol. The van der Waals surface area contributed by atoms with E-state index in [0.717, 1.165) is 33.2 Å². The fraction of sp³-hybridized carbons (Fsp3) is 0.167. The summed E-state index contributed by atoms with van der Waals surface area (Å²) in [6.07, 6.45) is 0.661. The Labute approximate surface area is 188 Å². The van der Waals surface area contributed by atoms with Crippen molar-refractivity contribution in [2.24, 2.45) is 7.05 Å². The Bertz CT molecular complexity index is 1410. The van der Waals surface area contributed by atoms with Crippen LogP contribution in [-0.2, 0) is 18.3 Å². The van der Waals surface area contributed by atoms with Gasteiger partial charge in [-0.15, -0.1) is 10.2 Å². The number of benzene rings is 3. The lowest BCUT2D eigenvalue weighted by molar-refractivity contribution is -0.118. The number of hydrogen-bond acceptors (Lipinski definition) is 6. The second-order valence-corrected chi connectivity index (χ2v) is 8.33. The molecule has 0 radical (unpaired) electrons. The first-order valence-corrected chi connectivity index (χ1v) is 11.3. The molecular weight excluding hydrogens is 422 g/mol. The molecule has 2 aromatic heterocycles. The zero-order valence-electron chi connectivity index (χ0n) is 17.5. The molecule has 160 valence electrons. The number of carbonyl (C=O) groups is 1. The Balaban J connectivity index is 1.14. The lowest BCUT2D eigenvalue weighted by Gasteiger charge is -2.04. The molecule has 32 heavy (non-hydrogen) atoms. The van der Waals surface area contributed by atoms with E-state index in [4.69, 9.17) is 4.42 Å². The molecule has 0 fully saturated rings. The lowest BCUT2D eigenvalue weighted by Crippen LogP contribution is -2.27. The van der Waals surface area contributed by atoms with Crippen LogP contribution in [0.2, 0.25) is 0 Å². The summed E-state index contributed by atoms with van der Waals surface area (Å²) in [5.41, 5.74) is 2.91. The second kappa shape index (κ2) is 8.84. The molecule has 5 rings (SSSR count). The number of para-hydroxylation sites is 2. The van der Waals surface area contributed by atoms with Crippen LogP contribution in [0.3, 0.4) is 0 Å². The number of amides is 1. The summed E-state index contributed by atoms with van der Waals surface area (Å²) in [6, 6.07) is 22.1. The molecule has 7 nitrogen and oxygen atoms in total. The van der Waals surface area contributed by atoms with Gasteiger partial charge in [0, 0.05) is 25.6 Å². The zero-order chi connectivity index (χ0) is 21.9. The van der Waals surface area contributed by atoms with E-state index < -0.39 is 0 Å². The quantitative estimate of drug-likeness (QED) is 0.379. The minimum Gasteiger partial charge on any atom is -0.411 e. The van der Waals surface area contributed by atoms with Gasteiger partial charge in [0.15, 0.2) is 0 Å². The maximum Gasteiger partial charge on any atom is 0.277 e. The first-order valence-electron chi connectivity index (χ1n) is 10.3. The highest BCUT2D eigenvalue weighted by Crippen LogP contribution is 2.26. The predicted octanol–water partition coefficient (Wildman–Crippen LogP) is 4.23. The van der Waals surface area contributed by atoms with Crippen LogP contribution in [0.1, 0.15) is 5.82 Å². The molecule has 3 aromatic carbocycles. The SMILES string of the molecule is Cn1c(CCNC(=O)CSc2nnc(-c3ccc4ccccc4c3)o2)nc2ccccc21. The molecule has 1 N–H and O–H groups in total. The van der Waals surface area contributed by atoms with Crippen molar-refractivity contribution < 1.29 is 9.21 Å². The molecule has 1 amide bonds. The molecule has 0 atom stereocenters. The highest BCUT2D eigenvalue weighted by molar-refractivity contribution is 7.99. The fourth-order valence-corrected chi connectivity index (χ4v) is 4.21. The summed E-state index contributed by atoms with van der Waals surface area (Å²) in [4.78, 5) is 16.9. The lowest BCUT2D eigenvalue weighted by atomic mass is 10.1. The number of hydrogen-bond donors (Lipinski definition) is 1. The third-order valence-corrected chi connectivity index (χ3v) is 6.10. The molecule has 0 saturated carbocycles. The van der Waals surface area contributed by atoms with Crippen molar-refractivity contribution in [3.63, 3.8) is 0 Å². The largest absolute Gasteiger partial charge is 0.411 e. The third-order valence-electron chi connectivity index (χ3n) is 5.28. The summed E-state index contributed by atoms with van der Waals surface area (Å²) in [7, 11) is 1.99. The van der Waals surface area contributed by atoms with Gasteiger partial charge in [0.2, 0.25) is 11.8 Å². The highest BCUT2D eigenvalue weighted by Gasteiger charge is 2.12. The standard InChI is InChI=1S/C24H21N5O2S/c1-29-20-9-5-4-8-19(20)26-21(29)12-13-25-22(30)15-32-24-28-27-23(31-24)18-11-10-16-6-2-3-7-17(16)14-18/h2-11,14H,12-13,15H2,1H3,(H,25,30). The van der Waals surface area contributed by atoms with Gasteiger partial charge in [-0.25, -0.2) is 4.98 Å². The Morgan fingerprint density at radius 2 is 1.84 bits per heavy atom. The molecule has 8 heteroatoms. The maximum atomic E-state index is 12.2. The molecule has 5 aromatic rings. The van der Waals surface area contributed by atoms with E-state index in [-0.39, 0.29) is 11.7 Å². The molecular formula is C24H21N5O2S. The van der Waals surface area contributed by atoms with Gasteiger partial charge in [-0.1, -0.05) is 54.2 Å². The van der Waals surface area contributed by atoms with E-state index in [1.807, 2.05) is 67.7 Å². The van der Waals surface area contributed by atoms with Gasteiger partial charge in [0.1, 0.15) is 5.82 Å². The predicted molar refractivity (Wildman–Crippen MR) is 125 cm³/mol. The molecule has 0 bridgehead atoms. The van der Waals surface area contributed by atoms with E-state index in [0.29, 0.717) is 24.1 Å². The Morgan fingerprint density at radius 3 is 2.72 bits per heavy atom. The monoisotopic (exact) mass is 443 g/mol. The Hall–Kier alpha value is -3.65. The van der Waals surface area contributed by atoms with Crippen LogP contribution in [0.5, 0.6) is 0 Å². The number of aryl methyl sites for hydroxylation is 1. The number of aromatic nitrogens is 4. The summed E-state index contributed by atoms with van der Waals surface area (Å²) < 4.78 is 7.80. The van der Waals surface area contributed by atoms with E-state index in [9.17, 15) is 4.79 Å². The highest BCUT2D eigenvalue weighted by atomic mass is 32.2. The molecule has 0 spiro atoms. The van der Waals surface area contributed by atoms with E-state index >= 15 is 0 Å². The van der Waals surface area contributed by atoms with Gasteiger partial charge >= 0.3 is 0 Å². The third kappa shape index (κ3) is 4.22. The normalized spacial score (nSPS) is 11.3. The van der Waals surface area contributed by atoms with Crippen molar-refractivity contribution in [3.05, 3.63) is 72.6 Å². The Kier molecular flexibility index (Phi) is 5.60. The molecule has 0 saturated heterocycles.